The van der Waals surface area contributed by atoms with Gasteiger partial charge in [-0.3, -0.25) is 4.79 Å². The summed E-state index contributed by atoms with van der Waals surface area (Å²) in [6.07, 6.45) is 3.38. The molecule has 0 saturated heterocycles. The average Bonchev–Trinajstić information content (AvgIpc) is 2.30. The van der Waals surface area contributed by atoms with Crippen LogP contribution in [0.1, 0.15) is 5.56 Å². The molecule has 0 aromatic heterocycles. The third-order valence-corrected chi connectivity index (χ3v) is 2.60. The predicted molar refractivity (Wildman–Crippen MR) is 68.0 cm³/mol. The molecule has 0 bridgehead atoms. The minimum atomic E-state index is -0.469. The SMILES string of the molecule is O=C(Cc1c(F)cccc1Cl)NC/C=C/CCl. The average molecular weight is 276 g/mol. The van der Waals surface area contributed by atoms with Gasteiger partial charge < -0.3 is 5.32 Å². The van der Waals surface area contributed by atoms with Gasteiger partial charge >= 0.3 is 0 Å². The van der Waals surface area contributed by atoms with Gasteiger partial charge in [-0.2, -0.15) is 0 Å². The maximum atomic E-state index is 13.4. The van der Waals surface area contributed by atoms with Crippen molar-refractivity contribution in [3.05, 3.63) is 46.8 Å². The molecule has 17 heavy (non-hydrogen) atoms. The van der Waals surface area contributed by atoms with Crippen molar-refractivity contribution in [1.82, 2.24) is 5.32 Å². The fraction of sp³-hybridized carbons (Fsp3) is 0.250. The maximum absolute atomic E-state index is 13.4. The Morgan fingerprint density at radius 3 is 2.82 bits per heavy atom. The summed E-state index contributed by atoms with van der Waals surface area (Å²) >= 11 is 11.2. The number of benzene rings is 1. The molecule has 0 aliphatic rings. The summed E-state index contributed by atoms with van der Waals surface area (Å²) in [7, 11) is 0. The Morgan fingerprint density at radius 1 is 1.41 bits per heavy atom. The van der Waals surface area contributed by atoms with E-state index in [2.05, 4.69) is 5.32 Å². The number of hydrogen-bond acceptors (Lipinski definition) is 1. The highest BCUT2D eigenvalue weighted by molar-refractivity contribution is 6.31. The number of hydrogen-bond donors (Lipinski definition) is 1. The van der Waals surface area contributed by atoms with Gasteiger partial charge in [-0.15, -0.1) is 11.6 Å². The summed E-state index contributed by atoms with van der Waals surface area (Å²) in [5.74, 6) is -0.352. The van der Waals surface area contributed by atoms with E-state index in [4.69, 9.17) is 23.2 Å². The van der Waals surface area contributed by atoms with Crippen LogP contribution in [0, 0.1) is 5.82 Å². The standard InChI is InChI=1S/C12H12Cl2FNO/c13-6-1-2-7-16-12(17)8-9-10(14)4-3-5-11(9)15/h1-5H,6-8H2,(H,16,17)/b2-1+. The van der Waals surface area contributed by atoms with Crippen molar-refractivity contribution in [3.63, 3.8) is 0 Å². The lowest BCUT2D eigenvalue weighted by atomic mass is 10.1. The number of carbonyl (C=O) groups is 1. The smallest absolute Gasteiger partial charge is 0.224 e. The Hall–Kier alpha value is -1.06. The third kappa shape index (κ3) is 4.75. The number of carbonyl (C=O) groups excluding carboxylic acids is 1. The summed E-state index contributed by atoms with van der Waals surface area (Å²) in [6, 6.07) is 4.34. The van der Waals surface area contributed by atoms with E-state index in [1.54, 1.807) is 18.2 Å². The Bertz CT molecular complexity index is 401. The van der Waals surface area contributed by atoms with Gasteiger partial charge in [0.1, 0.15) is 5.82 Å². The summed E-state index contributed by atoms with van der Waals surface area (Å²) in [5, 5.41) is 2.87. The summed E-state index contributed by atoms with van der Waals surface area (Å²) in [6.45, 7) is 0.373. The van der Waals surface area contributed by atoms with Crippen LogP contribution in [-0.2, 0) is 11.2 Å². The van der Waals surface area contributed by atoms with Crippen molar-refractivity contribution in [2.75, 3.05) is 12.4 Å². The van der Waals surface area contributed by atoms with Gasteiger partial charge in [0.05, 0.1) is 6.42 Å². The van der Waals surface area contributed by atoms with Crippen LogP contribution in [0.3, 0.4) is 0 Å². The molecule has 0 atom stereocenters. The fourth-order valence-corrected chi connectivity index (χ4v) is 1.60. The van der Waals surface area contributed by atoms with E-state index < -0.39 is 5.82 Å². The van der Waals surface area contributed by atoms with Crippen molar-refractivity contribution in [2.45, 2.75) is 6.42 Å². The molecular weight excluding hydrogens is 264 g/mol. The highest BCUT2D eigenvalue weighted by atomic mass is 35.5. The molecule has 0 aliphatic carbocycles. The molecule has 1 rings (SSSR count). The molecule has 5 heteroatoms. The lowest BCUT2D eigenvalue weighted by Gasteiger charge is -2.05. The zero-order valence-corrected chi connectivity index (χ0v) is 10.6. The Kier molecular flexibility index (Phi) is 6.01. The third-order valence-electron chi connectivity index (χ3n) is 2.07. The van der Waals surface area contributed by atoms with Gasteiger partial charge in [0.25, 0.3) is 0 Å². The second kappa shape index (κ2) is 7.30. The van der Waals surface area contributed by atoms with Gasteiger partial charge in [-0.05, 0) is 12.1 Å². The quantitative estimate of drug-likeness (QED) is 0.650. The van der Waals surface area contributed by atoms with Crippen LogP contribution in [0.25, 0.3) is 0 Å². The maximum Gasteiger partial charge on any atom is 0.224 e. The second-order valence-electron chi connectivity index (χ2n) is 3.31. The van der Waals surface area contributed by atoms with Crippen molar-refractivity contribution in [1.29, 1.82) is 0 Å². The van der Waals surface area contributed by atoms with Crippen LogP contribution in [0.5, 0.6) is 0 Å². The van der Waals surface area contributed by atoms with Gasteiger partial charge in [-0.1, -0.05) is 29.8 Å². The molecule has 1 N–H and O–H groups in total. The van der Waals surface area contributed by atoms with E-state index in [1.165, 1.54) is 12.1 Å². The topological polar surface area (TPSA) is 29.1 Å². The number of amides is 1. The van der Waals surface area contributed by atoms with Crippen LogP contribution in [0.15, 0.2) is 30.4 Å². The molecule has 0 unspecified atom stereocenters. The van der Waals surface area contributed by atoms with Crippen LogP contribution in [-0.4, -0.2) is 18.3 Å². The van der Waals surface area contributed by atoms with Crippen LogP contribution in [0.4, 0.5) is 4.39 Å². The summed E-state index contributed by atoms with van der Waals surface area (Å²) in [4.78, 5) is 11.5. The number of nitrogens with one attached hydrogen (secondary N) is 1. The van der Waals surface area contributed by atoms with E-state index >= 15 is 0 Å². The lowest BCUT2D eigenvalue weighted by Crippen LogP contribution is -2.25. The van der Waals surface area contributed by atoms with Gasteiger partial charge in [-0.25, -0.2) is 4.39 Å². The van der Waals surface area contributed by atoms with Crippen molar-refractivity contribution < 1.29 is 9.18 Å². The number of rotatable bonds is 5. The molecule has 92 valence electrons. The molecule has 0 heterocycles. The molecule has 2 nitrogen and oxygen atoms in total. The van der Waals surface area contributed by atoms with Gasteiger partial charge in [0.15, 0.2) is 0 Å². The predicted octanol–water partition coefficient (Wildman–Crippen LogP) is 2.93. The number of allylic oxidation sites excluding steroid dienone is 1. The van der Waals surface area contributed by atoms with Crippen molar-refractivity contribution >= 4 is 29.1 Å². The van der Waals surface area contributed by atoms with Gasteiger partial charge in [0, 0.05) is 23.0 Å². The Morgan fingerprint density at radius 2 is 2.18 bits per heavy atom. The number of alkyl halides is 1. The molecule has 0 spiro atoms. The van der Waals surface area contributed by atoms with E-state index in [1.807, 2.05) is 0 Å². The van der Waals surface area contributed by atoms with E-state index in [9.17, 15) is 9.18 Å². The monoisotopic (exact) mass is 275 g/mol. The Balaban J connectivity index is 2.53. The molecule has 0 aliphatic heterocycles. The molecule has 1 aromatic carbocycles. The lowest BCUT2D eigenvalue weighted by molar-refractivity contribution is -0.120. The Labute approximate surface area is 109 Å². The van der Waals surface area contributed by atoms with Crippen LogP contribution >= 0.6 is 23.2 Å². The van der Waals surface area contributed by atoms with E-state index in [0.717, 1.165) is 0 Å². The molecule has 1 amide bonds. The van der Waals surface area contributed by atoms with E-state index in [0.29, 0.717) is 12.4 Å². The first-order chi connectivity index (χ1) is 8.15. The fourth-order valence-electron chi connectivity index (χ4n) is 1.24. The number of halogens is 3. The highest BCUT2D eigenvalue weighted by Crippen LogP contribution is 2.19. The molecular formula is C12H12Cl2FNO. The molecule has 0 saturated carbocycles. The summed E-state index contributed by atoms with van der Waals surface area (Å²) in [5.41, 5.74) is 0.216. The van der Waals surface area contributed by atoms with Crippen LogP contribution < -0.4 is 5.32 Å². The van der Waals surface area contributed by atoms with Gasteiger partial charge in [0.2, 0.25) is 5.91 Å². The largest absolute Gasteiger partial charge is 0.352 e. The summed E-state index contributed by atoms with van der Waals surface area (Å²) < 4.78 is 13.4. The second-order valence-corrected chi connectivity index (χ2v) is 4.02. The minimum Gasteiger partial charge on any atom is -0.352 e. The first kappa shape index (κ1) is 14.0. The molecule has 0 fully saturated rings. The van der Waals surface area contributed by atoms with E-state index in [-0.39, 0.29) is 22.9 Å². The molecule has 0 radical (unpaired) electrons. The molecule has 1 aromatic rings. The first-order valence-corrected chi connectivity index (χ1v) is 5.97. The highest BCUT2D eigenvalue weighted by Gasteiger charge is 2.10. The first-order valence-electron chi connectivity index (χ1n) is 5.05. The normalized spacial score (nSPS) is 10.8. The van der Waals surface area contributed by atoms with Crippen LogP contribution in [0.2, 0.25) is 5.02 Å². The minimum absolute atomic E-state index is 0.0692. The van der Waals surface area contributed by atoms with Crippen molar-refractivity contribution in [2.24, 2.45) is 0 Å². The zero-order chi connectivity index (χ0) is 12.7. The zero-order valence-electron chi connectivity index (χ0n) is 9.05. The van der Waals surface area contributed by atoms with Crippen molar-refractivity contribution in [3.8, 4) is 0 Å².